The first-order chi connectivity index (χ1) is 50.1. The molecule has 6 N–H and O–H groups in total. The second-order valence-electron chi connectivity index (χ2n) is 18.0. The minimum absolute atomic E-state index is 0. The number of aliphatic hydroxyl groups is 2. The molecular formula is C79H109BBr4Cl2FK4N9NaO9. The van der Waals surface area contributed by atoms with Gasteiger partial charge in [0.05, 0.1) is 27.3 Å². The fourth-order valence-electron chi connectivity index (χ4n) is 6.24. The van der Waals surface area contributed by atoms with Gasteiger partial charge in [0.25, 0.3) is 12.9 Å². The molecule has 0 aliphatic heterocycles. The zero-order valence-electron chi connectivity index (χ0n) is 69.9. The number of allylic oxidation sites excluding steroid dienone is 2. The quantitative estimate of drug-likeness (QED) is 0.00559. The molecule has 0 atom stereocenters. The van der Waals surface area contributed by atoms with Crippen molar-refractivity contribution in [3.63, 3.8) is 0 Å². The molecule has 18 nitrogen and oxygen atoms in total. The molecule has 0 heterocycles. The Balaban J connectivity index is -0.0000000515. The summed E-state index contributed by atoms with van der Waals surface area (Å²) in [5.74, 6) is 0. The van der Waals surface area contributed by atoms with E-state index in [1.165, 1.54) is 30.9 Å². The van der Waals surface area contributed by atoms with E-state index in [0.717, 1.165) is 114 Å². The molecular weight excluding hydrogens is 1820 g/mol. The number of alkyl halides is 3. The van der Waals surface area contributed by atoms with Crippen LogP contribution in [0.1, 0.15) is 35.4 Å². The van der Waals surface area contributed by atoms with Crippen LogP contribution in [0.15, 0.2) is 293 Å². The second-order valence-corrected chi connectivity index (χ2v) is 21.3. The van der Waals surface area contributed by atoms with Gasteiger partial charge in [-0.2, -0.15) is 10.5 Å². The summed E-state index contributed by atoms with van der Waals surface area (Å²) in [6.07, 6.45) is 19.4. The number of nitrogens with two attached hydrogens (primary N) is 2. The number of para-hydroxylation sites is 2. The van der Waals surface area contributed by atoms with Gasteiger partial charge in [0.15, 0.2) is 0 Å². The minimum atomic E-state index is -1.00. The molecule has 31 heteroatoms. The van der Waals surface area contributed by atoms with Crippen molar-refractivity contribution in [2.75, 3.05) is 122 Å². The molecule has 0 saturated carbocycles. The molecule has 6 aromatic rings. The maximum Gasteiger partial charge on any atom is 1.00 e. The summed E-state index contributed by atoms with van der Waals surface area (Å²) < 4.78 is 19.4. The number of nitriles is 2. The van der Waals surface area contributed by atoms with Crippen molar-refractivity contribution in [2.45, 2.75) is 20.5 Å². The topological polar surface area (TPSA) is 272 Å². The summed E-state index contributed by atoms with van der Waals surface area (Å²) in [5, 5.41) is 49.2. The van der Waals surface area contributed by atoms with E-state index in [1.54, 1.807) is 28.9 Å². The third-order valence-electron chi connectivity index (χ3n) is 10.1. The van der Waals surface area contributed by atoms with Gasteiger partial charge >= 0.3 is 235 Å². The molecule has 0 aliphatic carbocycles. The van der Waals surface area contributed by atoms with Gasteiger partial charge in [0.1, 0.15) is 20.4 Å². The van der Waals surface area contributed by atoms with Gasteiger partial charge in [-0.05, 0) is 114 Å². The smallest absolute Gasteiger partial charge is 1.00 e. The molecule has 0 spiro atoms. The van der Waals surface area contributed by atoms with Crippen LogP contribution in [0.4, 0.5) is 38.5 Å². The van der Waals surface area contributed by atoms with Crippen LogP contribution in [0.5, 0.6) is 0 Å². The number of benzene rings is 6. The van der Waals surface area contributed by atoms with E-state index < -0.39 is 7.15 Å². The van der Waals surface area contributed by atoms with Crippen LogP contribution in [-0.2, 0) is 26.0 Å². The fourth-order valence-corrected chi connectivity index (χ4v) is 7.04. The van der Waals surface area contributed by atoms with Crippen LogP contribution in [-0.4, -0.2) is 139 Å². The molecule has 6 rings (SSSR count). The molecule has 0 amide bonds. The first kappa shape index (κ1) is 144. The fraction of sp³-hybridized carbons (Fsp3) is 0.215. The number of rotatable bonds is 26. The summed E-state index contributed by atoms with van der Waals surface area (Å²) in [7, 11) is 3.74. The molecule has 0 unspecified atom stereocenters. The van der Waals surface area contributed by atoms with Crippen LogP contribution in [0.25, 0.3) is 0 Å². The number of aldehydes is 1. The summed E-state index contributed by atoms with van der Waals surface area (Å²) in [6, 6.07) is 54.3. The molecule has 110 heavy (non-hydrogen) atoms. The van der Waals surface area contributed by atoms with E-state index in [9.17, 15) is 9.18 Å². The zero-order valence-corrected chi connectivity index (χ0v) is 88.3. The first-order valence-corrected chi connectivity index (χ1v) is 34.5. The molecule has 3 radical (unpaired) electrons. The normalized spacial score (nSPS) is 7.63. The van der Waals surface area contributed by atoms with Gasteiger partial charge in [-0.1, -0.05) is 185 Å². The third kappa shape index (κ3) is 109. The number of hydrogen-bond donors (Lipinski definition) is 4. The van der Waals surface area contributed by atoms with E-state index in [-0.39, 0.29) is 280 Å². The third-order valence-corrected chi connectivity index (χ3v) is 12.4. The van der Waals surface area contributed by atoms with Gasteiger partial charge in [-0.3, -0.25) is 18.8 Å². The van der Waals surface area contributed by atoms with E-state index in [4.69, 9.17) is 65.3 Å². The van der Waals surface area contributed by atoms with Crippen LogP contribution < -0.4 is 289 Å². The van der Waals surface area contributed by atoms with Gasteiger partial charge in [0, 0.05) is 141 Å². The number of hydrogen-bond acceptors (Lipinski definition) is 17. The van der Waals surface area contributed by atoms with Crippen molar-refractivity contribution < 1.29 is 307 Å². The molecule has 6 aromatic carbocycles. The maximum atomic E-state index is 10.5. The van der Waals surface area contributed by atoms with Gasteiger partial charge in [-0.25, -0.2) is 4.58 Å². The number of nitrogens with zero attached hydrogens (tertiary/aromatic N) is 7. The van der Waals surface area contributed by atoms with E-state index >= 15 is 0 Å². The molecule has 0 saturated heterocycles. The standard InChI is InChI=1S/C13H17NO.C13H15NO.C12H14BrN.C12H15N.C6H6BrN.C6H7N.2C3H5Br.C3H7ClN.2C2H3N.CH3F.2CH2O3.CH4O.B.ClH.4K.Na.3H/c2*1-3-9-14(10-4-2)13-7-5-12(11-15)6-8-13;1-3-8-14(9-4-2)12-7-5-6-11(13)10-12;1-3-10-13(11-4-2)12-8-6-5-7-9-12;7-5-2-1-3-6(8)4-5;7-6-4-2-1-3-5-6;2*1-2-3-4;1-5(2)3-4;2*1-2-3;1-2;2*2-1-4-3;1-2;;;;;;;;;;/h3-8,15H,1-2,9-11H2;3-8,11H,1-2,9-10H2;3-7,10H,1-2,8-9H2;3-9H,1-2,10-11H2;1-4H,8H2;1-5H,7H2;2*2H,1,3H2;3H,1-2H3;2*1H3;1H3;2*1,3H;2H,1H3;;1H;;;;;;;;/q;;;;;;;;+1;;;;;;;;;5*+1;3*-1/p-3/i;;;;;;;;;;;1D;;;;;;;;;;;;;. The van der Waals surface area contributed by atoms with Crippen LogP contribution in [0.3, 0.4) is 0 Å². The van der Waals surface area contributed by atoms with Crippen LogP contribution >= 0.6 is 75.3 Å². The summed E-state index contributed by atoms with van der Waals surface area (Å²) in [5.41, 5.74) is 20.1. The predicted molar refractivity (Wildman–Crippen MR) is 458 cm³/mol. The van der Waals surface area contributed by atoms with E-state index in [0.29, 0.717) is 5.56 Å². The number of carbonyl (C=O) groups is 3. The molecule has 0 fully saturated rings. The van der Waals surface area contributed by atoms with Crippen molar-refractivity contribution in [3.05, 3.63) is 304 Å². The number of anilines is 6. The Morgan fingerprint density at radius 2 is 0.764 bits per heavy atom. The van der Waals surface area contributed by atoms with Crippen LogP contribution in [0.2, 0.25) is 0 Å². The number of carbonyl (C=O) groups excluding carboxylic acids is 3. The molecule has 0 aliphatic rings. The Morgan fingerprint density at radius 1 is 0.527 bits per heavy atom. The molecule has 0 bridgehead atoms. The van der Waals surface area contributed by atoms with Gasteiger partial charge < -0.3 is 78.3 Å². The maximum absolute atomic E-state index is 10.5. The number of halogens is 7. The monoisotopic (exact) mass is 1920 g/mol. The van der Waals surface area contributed by atoms with Crippen molar-refractivity contribution >= 4 is 143 Å². The van der Waals surface area contributed by atoms with Gasteiger partial charge in [-0.15, -0.1) is 65.8 Å². The Labute approximate surface area is 903 Å². The SMILES string of the molecule is C=CCBr.C=CCBr.C=CCN(CC=C)c1ccc(C=O)cc1.C=CCN(CC=C)c1ccc(CO)cc1.C=CCN(CC=C)c1cccc(Br)c1.C=CCN(CC=C)c1ccccc1.CC#N.CC#N.CO.C[N+](C)=CCl.Nc1cccc(Br)c1.Nc1ccccc1.O=CO[O-].O=CO[O-].[2H]CF.[B].[Cl-].[H-].[H-].[H-].[K+].[K+].[K+].[K+].[Na+]. The largest absolute Gasteiger partial charge is 1.00 e. The summed E-state index contributed by atoms with van der Waals surface area (Å²) in [6.45, 7) is 45.8. The molecule has 0 aromatic heterocycles. The Hall–Kier alpha value is -1.34. The average molecular weight is 1930 g/mol. The van der Waals surface area contributed by atoms with Crippen molar-refractivity contribution in [2.24, 2.45) is 0 Å². The minimum Gasteiger partial charge on any atom is -1.00 e. The summed E-state index contributed by atoms with van der Waals surface area (Å²) in [4.78, 5) is 41.7. The Kier molecular flexibility index (Phi) is 164. The van der Waals surface area contributed by atoms with Gasteiger partial charge in [0.2, 0.25) is 5.67 Å². The molecule has 581 valence electrons. The predicted octanol–water partition coefficient (Wildman–Crippen LogP) is -1.41. The summed E-state index contributed by atoms with van der Waals surface area (Å²) >= 11 is 18.1. The van der Waals surface area contributed by atoms with Crippen molar-refractivity contribution in [1.29, 1.82) is 10.5 Å². The Bertz CT molecular complexity index is 3120. The second kappa shape index (κ2) is 126. The Morgan fingerprint density at radius 3 is 0.964 bits per heavy atom. The number of nitrogen functional groups attached to an aromatic ring is 2. The average Bonchev–Trinajstić information content (AvgIpc) is 0.887. The zero-order chi connectivity index (χ0) is 81.3. The van der Waals surface area contributed by atoms with Crippen molar-refractivity contribution in [3.8, 4) is 12.1 Å². The van der Waals surface area contributed by atoms with Crippen LogP contribution in [0, 0.1) is 22.7 Å². The van der Waals surface area contributed by atoms with E-state index in [1.807, 2.05) is 196 Å². The first-order valence-electron chi connectivity index (χ1n) is 30.9. The van der Waals surface area contributed by atoms with Crippen molar-refractivity contribution in [1.82, 2.24) is 0 Å². The number of aliphatic hydroxyl groups excluding tert-OH is 2. The van der Waals surface area contributed by atoms with E-state index in [2.05, 4.69) is 183 Å².